The van der Waals surface area contributed by atoms with Crippen LogP contribution in [0, 0.1) is 0 Å². The Morgan fingerprint density at radius 2 is 1.88 bits per heavy atom. The van der Waals surface area contributed by atoms with Crippen molar-refractivity contribution in [3.63, 3.8) is 0 Å². The summed E-state index contributed by atoms with van der Waals surface area (Å²) >= 11 is 5.84. The van der Waals surface area contributed by atoms with Gasteiger partial charge in [0.15, 0.2) is 0 Å². The molecule has 0 heterocycles. The molecular weight excluding hydrogens is 358 g/mol. The maximum Gasteiger partial charge on any atom is 0.377 e. The van der Waals surface area contributed by atoms with Crippen molar-refractivity contribution in [2.24, 2.45) is 5.73 Å². The maximum atomic E-state index is 12.7. The number of amides is 3. The number of hydrogen-bond acceptors (Lipinski definition) is 4. The number of carbonyl (C=O) groups is 2. The van der Waals surface area contributed by atoms with Crippen LogP contribution in [0.4, 0.5) is 4.79 Å². The van der Waals surface area contributed by atoms with Crippen LogP contribution in [0.1, 0.15) is 17.3 Å². The Hall–Kier alpha value is -2.61. The van der Waals surface area contributed by atoms with E-state index < -0.39 is 22.6 Å². The van der Waals surface area contributed by atoms with Gasteiger partial charge < -0.3 is 15.8 Å². The van der Waals surface area contributed by atoms with E-state index in [0.717, 1.165) is 0 Å². The zero-order chi connectivity index (χ0) is 19.3. The van der Waals surface area contributed by atoms with Gasteiger partial charge in [0.1, 0.15) is 24.6 Å². The Bertz CT molecular complexity index is 793. The number of nitrogens with one attached hydrogen (secondary N) is 1. The number of likely N-dealkylation sites (N-methyl/N-ethyl adjacent to an activating group) is 1. The largest absolute Gasteiger partial charge is 0.457 e. The molecule has 0 radical (unpaired) electrons. The third kappa shape index (κ3) is 4.95. The quantitative estimate of drug-likeness (QED) is 0.408. The highest BCUT2D eigenvalue weighted by molar-refractivity contribution is 6.30. The van der Waals surface area contributed by atoms with Crippen LogP contribution in [-0.4, -0.2) is 41.4 Å². The van der Waals surface area contributed by atoms with Gasteiger partial charge in [0.2, 0.25) is 0 Å². The summed E-state index contributed by atoms with van der Waals surface area (Å²) in [6.07, 6.45) is 0. The maximum absolute atomic E-state index is 12.7. The molecule has 0 aromatic heterocycles. The monoisotopic (exact) mass is 378 g/mol. The molecule has 8 heteroatoms. The van der Waals surface area contributed by atoms with Crippen LogP contribution in [0.15, 0.2) is 48.5 Å². The first-order valence-corrected chi connectivity index (χ1v) is 8.28. The fourth-order valence-corrected chi connectivity index (χ4v) is 2.34. The Balaban J connectivity index is 2.15. The number of urea groups is 1. The van der Waals surface area contributed by atoms with Crippen LogP contribution in [-0.2, 0) is 0 Å². The molecule has 2 aromatic carbocycles. The minimum Gasteiger partial charge on any atom is -0.457 e. The van der Waals surface area contributed by atoms with Gasteiger partial charge in [0, 0.05) is 5.02 Å². The van der Waals surface area contributed by atoms with Crippen molar-refractivity contribution in [2.75, 3.05) is 13.6 Å². The molecule has 0 aliphatic heterocycles. The fraction of sp³-hybridized carbons (Fsp3) is 0.222. The van der Waals surface area contributed by atoms with E-state index >= 15 is 0 Å². The summed E-state index contributed by atoms with van der Waals surface area (Å²) in [7, 11) is 1.35. The van der Waals surface area contributed by atoms with Crippen LogP contribution in [0.25, 0.3) is 0 Å². The number of halogens is 1. The second-order valence-electron chi connectivity index (χ2n) is 6.01. The molecule has 2 atom stereocenters. The van der Waals surface area contributed by atoms with Gasteiger partial charge >= 0.3 is 11.9 Å². The number of ether oxygens (including phenoxy) is 1. The highest BCUT2D eigenvalue weighted by atomic mass is 35.5. The summed E-state index contributed by atoms with van der Waals surface area (Å²) in [4.78, 5) is 23.5. The van der Waals surface area contributed by atoms with Crippen molar-refractivity contribution in [1.82, 2.24) is 5.32 Å². The van der Waals surface area contributed by atoms with E-state index in [2.05, 4.69) is 5.32 Å². The van der Waals surface area contributed by atoms with E-state index in [4.69, 9.17) is 22.1 Å². The smallest absolute Gasteiger partial charge is 0.377 e. The van der Waals surface area contributed by atoms with Gasteiger partial charge in [0.05, 0.1) is 12.1 Å². The lowest BCUT2D eigenvalue weighted by Gasteiger charge is -2.29. The van der Waals surface area contributed by atoms with Crippen molar-refractivity contribution in [3.05, 3.63) is 59.1 Å². The lowest BCUT2D eigenvalue weighted by Crippen LogP contribution is -2.56. The second kappa shape index (κ2) is 8.18. The normalized spacial score (nSPS) is 14.2. The van der Waals surface area contributed by atoms with Crippen molar-refractivity contribution < 1.29 is 24.2 Å². The predicted molar refractivity (Wildman–Crippen MR) is 97.3 cm³/mol. The molecule has 2 aromatic rings. The summed E-state index contributed by atoms with van der Waals surface area (Å²) < 4.78 is 4.76. The Kier molecular flexibility index (Phi) is 6.20. The standard InChI is InChI=1S/C18H20ClN3O4/c1-12(11-21-18(20)24)22(2,25)17(23)13-4-3-5-16(10-13)26-15-8-6-14(19)7-9-15/h3-10,12,25H,11H2,1-2H3,(H2-,20,21,24)/p+1. The lowest BCUT2D eigenvalue weighted by molar-refractivity contribution is -1.04. The molecule has 0 saturated carbocycles. The first-order chi connectivity index (χ1) is 12.2. The van der Waals surface area contributed by atoms with Gasteiger partial charge in [-0.25, -0.2) is 14.8 Å². The van der Waals surface area contributed by atoms with E-state index in [1.165, 1.54) is 13.1 Å². The van der Waals surface area contributed by atoms with E-state index in [-0.39, 0.29) is 12.1 Å². The lowest BCUT2D eigenvalue weighted by atomic mass is 10.1. The van der Waals surface area contributed by atoms with E-state index in [0.29, 0.717) is 16.5 Å². The number of nitrogens with zero attached hydrogens (tertiary/aromatic N) is 1. The first kappa shape index (κ1) is 19.7. The Morgan fingerprint density at radius 3 is 2.50 bits per heavy atom. The highest BCUT2D eigenvalue weighted by Crippen LogP contribution is 2.25. The summed E-state index contributed by atoms with van der Waals surface area (Å²) in [5, 5.41) is 13.5. The molecule has 7 nitrogen and oxygen atoms in total. The average Bonchev–Trinajstić information content (AvgIpc) is 2.61. The molecule has 2 unspecified atom stereocenters. The van der Waals surface area contributed by atoms with Gasteiger partial charge in [-0.3, -0.25) is 0 Å². The third-order valence-electron chi connectivity index (χ3n) is 3.97. The number of benzene rings is 2. The van der Waals surface area contributed by atoms with Gasteiger partial charge in [-0.2, -0.15) is 0 Å². The van der Waals surface area contributed by atoms with Gasteiger partial charge in [0.25, 0.3) is 0 Å². The molecule has 0 bridgehead atoms. The molecule has 0 aliphatic rings. The van der Waals surface area contributed by atoms with Crippen molar-refractivity contribution in [2.45, 2.75) is 13.0 Å². The van der Waals surface area contributed by atoms with Crippen LogP contribution in [0.2, 0.25) is 5.02 Å². The SMILES string of the molecule is CC(CNC(N)=O)[N+](C)(O)C(=O)c1cccc(Oc2ccc(Cl)cc2)c1. The third-order valence-corrected chi connectivity index (χ3v) is 4.22. The fourth-order valence-electron chi connectivity index (χ4n) is 2.22. The minimum absolute atomic E-state index is 0.0506. The van der Waals surface area contributed by atoms with Gasteiger partial charge in [-0.1, -0.05) is 17.7 Å². The molecule has 0 aliphatic carbocycles. The van der Waals surface area contributed by atoms with Crippen LogP contribution < -0.4 is 15.8 Å². The summed E-state index contributed by atoms with van der Waals surface area (Å²) in [5.41, 5.74) is 5.30. The number of rotatable bonds is 6. The number of quaternary nitrogens is 1. The average molecular weight is 379 g/mol. The molecule has 4 N–H and O–H groups in total. The molecular formula is C18H21ClN3O4+. The van der Waals surface area contributed by atoms with Gasteiger partial charge in [-0.05, 0) is 49.4 Å². The van der Waals surface area contributed by atoms with Crippen molar-refractivity contribution in [3.8, 4) is 11.5 Å². The summed E-state index contributed by atoms with van der Waals surface area (Å²) in [5.74, 6) is 0.477. The number of primary amides is 1. The zero-order valence-corrected chi connectivity index (χ0v) is 15.2. The molecule has 0 fully saturated rings. The van der Waals surface area contributed by atoms with Crippen LogP contribution in [0.3, 0.4) is 0 Å². The highest BCUT2D eigenvalue weighted by Gasteiger charge is 2.38. The number of nitrogens with two attached hydrogens (primary N) is 1. The summed E-state index contributed by atoms with van der Waals surface area (Å²) in [6.45, 7) is 1.68. The van der Waals surface area contributed by atoms with Crippen LogP contribution >= 0.6 is 11.6 Å². The molecule has 0 saturated heterocycles. The first-order valence-electron chi connectivity index (χ1n) is 7.91. The zero-order valence-electron chi connectivity index (χ0n) is 14.5. The van der Waals surface area contributed by atoms with E-state index in [1.54, 1.807) is 49.4 Å². The number of hydroxylamine groups is 3. The minimum atomic E-state index is -0.940. The molecule has 138 valence electrons. The topological polar surface area (TPSA) is 102 Å². The molecule has 3 amide bonds. The number of carbonyl (C=O) groups excluding carboxylic acids is 2. The van der Waals surface area contributed by atoms with Crippen molar-refractivity contribution >= 4 is 23.5 Å². The molecule has 0 spiro atoms. The van der Waals surface area contributed by atoms with E-state index in [1.807, 2.05) is 0 Å². The van der Waals surface area contributed by atoms with Crippen LogP contribution in [0.5, 0.6) is 11.5 Å². The second-order valence-corrected chi connectivity index (χ2v) is 6.45. The van der Waals surface area contributed by atoms with Gasteiger partial charge in [-0.15, -0.1) is 4.65 Å². The molecule has 26 heavy (non-hydrogen) atoms. The summed E-state index contributed by atoms with van der Waals surface area (Å²) in [6, 6.07) is 12.0. The Labute approximate surface area is 156 Å². The predicted octanol–water partition coefficient (Wildman–Crippen LogP) is 3.17. The van der Waals surface area contributed by atoms with E-state index in [9.17, 15) is 14.8 Å². The Morgan fingerprint density at radius 1 is 1.23 bits per heavy atom. The van der Waals surface area contributed by atoms with Crippen molar-refractivity contribution in [1.29, 1.82) is 0 Å². The number of hydrogen-bond donors (Lipinski definition) is 3. The molecule has 2 rings (SSSR count).